The van der Waals surface area contributed by atoms with Crippen LogP contribution in [0.3, 0.4) is 0 Å². The number of anilines is 2. The minimum absolute atomic E-state index is 0.193. The van der Waals surface area contributed by atoms with Crippen LogP contribution in [-0.4, -0.2) is 49.2 Å². The Bertz CT molecular complexity index is 1230. The number of aryl methyl sites for hydroxylation is 1. The first-order valence-electron chi connectivity index (χ1n) is 11.7. The lowest BCUT2D eigenvalue weighted by atomic mass is 10.0. The summed E-state index contributed by atoms with van der Waals surface area (Å²) in [7, 11) is 1.77. The van der Waals surface area contributed by atoms with Gasteiger partial charge in [-0.1, -0.05) is 0 Å². The van der Waals surface area contributed by atoms with E-state index in [1.807, 2.05) is 24.0 Å². The first-order chi connectivity index (χ1) is 16.3. The summed E-state index contributed by atoms with van der Waals surface area (Å²) in [6.45, 7) is 5.09. The smallest absolute Gasteiger partial charge is 0.263 e. The minimum Gasteiger partial charge on any atom is -0.386 e. The Labute approximate surface area is 201 Å². The van der Waals surface area contributed by atoms with Crippen LogP contribution in [0, 0.1) is 18.6 Å². The van der Waals surface area contributed by atoms with Crippen molar-refractivity contribution < 1.29 is 13.6 Å². The summed E-state index contributed by atoms with van der Waals surface area (Å²) < 4.78 is 30.0. The molecule has 3 N–H and O–H groups in total. The van der Waals surface area contributed by atoms with Gasteiger partial charge in [-0.2, -0.15) is 0 Å². The van der Waals surface area contributed by atoms with Crippen molar-refractivity contribution >= 4 is 38.8 Å². The van der Waals surface area contributed by atoms with Gasteiger partial charge in [-0.15, -0.1) is 11.3 Å². The van der Waals surface area contributed by atoms with Crippen LogP contribution in [0.15, 0.2) is 24.3 Å². The van der Waals surface area contributed by atoms with Crippen LogP contribution in [0.2, 0.25) is 0 Å². The number of aromatic nitrogens is 1. The number of pyridine rings is 1. The average Bonchev–Trinajstić information content (AvgIpc) is 3.34. The lowest BCUT2D eigenvalue weighted by Gasteiger charge is -2.35. The molecule has 2 aromatic heterocycles. The largest absolute Gasteiger partial charge is 0.386 e. The Morgan fingerprint density at radius 3 is 2.68 bits per heavy atom. The van der Waals surface area contributed by atoms with Gasteiger partial charge in [0.25, 0.3) is 5.91 Å². The lowest BCUT2D eigenvalue weighted by molar-refractivity contribution is 0.0945. The zero-order chi connectivity index (χ0) is 24.0. The van der Waals surface area contributed by atoms with Gasteiger partial charge in [0.05, 0.1) is 11.4 Å². The summed E-state index contributed by atoms with van der Waals surface area (Å²) in [4.78, 5) is 20.8. The molecule has 34 heavy (non-hydrogen) atoms. The SMILES string of the molecule is CNc1c(C(=O)NC(C)Cc2cc(F)c(N3CC4CCC(C3)N4)cc2F)sc2nc(C)ccc12. The molecule has 3 unspecified atom stereocenters. The van der Waals surface area contributed by atoms with Gasteiger partial charge < -0.3 is 20.9 Å². The first-order valence-corrected chi connectivity index (χ1v) is 12.5. The Morgan fingerprint density at radius 2 is 1.97 bits per heavy atom. The molecule has 9 heteroatoms. The van der Waals surface area contributed by atoms with Gasteiger partial charge in [-0.05, 0) is 56.9 Å². The normalized spacial score (nSPS) is 20.6. The van der Waals surface area contributed by atoms with E-state index in [4.69, 9.17) is 0 Å². The number of rotatable bonds is 6. The number of carbonyl (C=O) groups is 1. The molecule has 180 valence electrons. The standard InChI is InChI=1S/C25H29F2N5OS/c1-13-4-7-18-22(28-3)23(34-25(18)30-13)24(33)29-14(2)8-15-9-20(27)21(10-19(15)26)32-11-16-5-6-17(12-32)31-16/h4,7,9-10,14,16-17,28,31H,5-6,8,11-12H2,1-3H3,(H,29,33). The number of benzene rings is 1. The van der Waals surface area contributed by atoms with E-state index in [9.17, 15) is 13.6 Å². The van der Waals surface area contributed by atoms with Crippen LogP contribution in [0.4, 0.5) is 20.2 Å². The number of amides is 1. The maximum atomic E-state index is 15.0. The second-order valence-electron chi connectivity index (χ2n) is 9.38. The van der Waals surface area contributed by atoms with Crippen molar-refractivity contribution in [3.8, 4) is 0 Å². The summed E-state index contributed by atoms with van der Waals surface area (Å²) in [5.41, 5.74) is 2.19. The van der Waals surface area contributed by atoms with Crippen LogP contribution in [0.25, 0.3) is 10.2 Å². The van der Waals surface area contributed by atoms with E-state index < -0.39 is 11.6 Å². The van der Waals surface area contributed by atoms with Gasteiger partial charge in [0.15, 0.2) is 0 Å². The van der Waals surface area contributed by atoms with E-state index in [2.05, 4.69) is 20.9 Å². The molecule has 2 bridgehead atoms. The third-order valence-corrected chi connectivity index (χ3v) is 7.83. The molecule has 1 aromatic carbocycles. The second kappa shape index (κ2) is 9.11. The summed E-state index contributed by atoms with van der Waals surface area (Å²) in [6.07, 6.45) is 2.34. The number of thiophene rings is 1. The van der Waals surface area contributed by atoms with Gasteiger partial charge >= 0.3 is 0 Å². The molecular weight excluding hydrogens is 456 g/mol. The van der Waals surface area contributed by atoms with Crippen molar-refractivity contribution in [1.29, 1.82) is 0 Å². The molecule has 1 amide bonds. The Kier molecular flexibility index (Phi) is 6.16. The van der Waals surface area contributed by atoms with E-state index in [-0.39, 0.29) is 23.9 Å². The van der Waals surface area contributed by atoms with Gasteiger partial charge in [-0.25, -0.2) is 13.8 Å². The number of carbonyl (C=O) groups excluding carboxylic acids is 1. The molecule has 2 saturated heterocycles. The first kappa shape index (κ1) is 23.0. The molecule has 4 heterocycles. The predicted molar refractivity (Wildman–Crippen MR) is 133 cm³/mol. The highest BCUT2D eigenvalue weighted by molar-refractivity contribution is 7.21. The summed E-state index contributed by atoms with van der Waals surface area (Å²) in [5.74, 6) is -1.12. The van der Waals surface area contributed by atoms with E-state index in [1.54, 1.807) is 14.0 Å². The van der Waals surface area contributed by atoms with Crippen molar-refractivity contribution in [2.45, 2.75) is 51.2 Å². The second-order valence-corrected chi connectivity index (χ2v) is 10.4. The van der Waals surface area contributed by atoms with Crippen molar-refractivity contribution in [3.63, 3.8) is 0 Å². The molecule has 0 saturated carbocycles. The van der Waals surface area contributed by atoms with E-state index in [0.29, 0.717) is 35.7 Å². The molecule has 6 nitrogen and oxygen atoms in total. The number of halogens is 2. The molecular formula is C25H29F2N5OS. The van der Waals surface area contributed by atoms with E-state index in [0.717, 1.165) is 34.4 Å². The number of nitrogens with zero attached hydrogens (tertiary/aromatic N) is 2. The highest BCUT2D eigenvalue weighted by atomic mass is 32.1. The monoisotopic (exact) mass is 485 g/mol. The molecule has 3 aromatic rings. The summed E-state index contributed by atoms with van der Waals surface area (Å²) in [6, 6.07) is 6.74. The molecule has 5 rings (SSSR count). The van der Waals surface area contributed by atoms with Crippen LogP contribution in [-0.2, 0) is 6.42 Å². The Morgan fingerprint density at radius 1 is 1.24 bits per heavy atom. The number of nitrogens with one attached hydrogen (secondary N) is 3. The van der Waals surface area contributed by atoms with Crippen LogP contribution >= 0.6 is 11.3 Å². The third kappa shape index (κ3) is 4.34. The predicted octanol–water partition coefficient (Wildman–Crippen LogP) is 4.23. The molecule has 2 aliphatic heterocycles. The van der Waals surface area contributed by atoms with Gasteiger partial charge in [-0.3, -0.25) is 4.79 Å². The highest BCUT2D eigenvalue weighted by Crippen LogP contribution is 2.35. The fourth-order valence-corrected chi connectivity index (χ4v) is 6.25. The lowest BCUT2D eigenvalue weighted by Crippen LogP contribution is -2.51. The Balaban J connectivity index is 1.30. The third-order valence-electron chi connectivity index (χ3n) is 6.73. The average molecular weight is 486 g/mol. The topological polar surface area (TPSA) is 69.3 Å². The van der Waals surface area contributed by atoms with Gasteiger partial charge in [0, 0.05) is 55.4 Å². The van der Waals surface area contributed by atoms with E-state index in [1.165, 1.54) is 23.5 Å². The fraction of sp³-hybridized carbons (Fsp3) is 0.440. The quantitative estimate of drug-likeness (QED) is 0.488. The number of hydrogen-bond acceptors (Lipinski definition) is 6. The maximum Gasteiger partial charge on any atom is 0.263 e. The molecule has 0 radical (unpaired) electrons. The number of fused-ring (bicyclic) bond motifs is 3. The van der Waals surface area contributed by atoms with E-state index >= 15 is 0 Å². The number of hydrogen-bond donors (Lipinski definition) is 3. The Hall–Kier alpha value is -2.78. The maximum absolute atomic E-state index is 15.0. The van der Waals surface area contributed by atoms with Crippen molar-refractivity contribution in [2.75, 3.05) is 30.4 Å². The molecule has 2 fully saturated rings. The zero-order valence-electron chi connectivity index (χ0n) is 19.5. The van der Waals surface area contributed by atoms with Gasteiger partial charge in [0.1, 0.15) is 21.3 Å². The zero-order valence-corrected chi connectivity index (χ0v) is 20.4. The minimum atomic E-state index is -0.444. The van der Waals surface area contributed by atoms with Crippen molar-refractivity contribution in [2.24, 2.45) is 0 Å². The van der Waals surface area contributed by atoms with Crippen molar-refractivity contribution in [3.05, 3.63) is 52.0 Å². The number of piperazine rings is 1. The van der Waals surface area contributed by atoms with Crippen LogP contribution < -0.4 is 20.9 Å². The van der Waals surface area contributed by atoms with Crippen LogP contribution in [0.5, 0.6) is 0 Å². The van der Waals surface area contributed by atoms with Gasteiger partial charge in [0.2, 0.25) is 0 Å². The van der Waals surface area contributed by atoms with Crippen molar-refractivity contribution in [1.82, 2.24) is 15.6 Å². The molecule has 0 aliphatic carbocycles. The molecule has 2 aliphatic rings. The molecule has 3 atom stereocenters. The summed E-state index contributed by atoms with van der Waals surface area (Å²) in [5, 5.41) is 10.4. The highest BCUT2D eigenvalue weighted by Gasteiger charge is 2.33. The van der Waals surface area contributed by atoms with Crippen LogP contribution in [0.1, 0.15) is 40.7 Å². The molecule has 0 spiro atoms. The summed E-state index contributed by atoms with van der Waals surface area (Å²) >= 11 is 1.32. The fourth-order valence-electron chi connectivity index (χ4n) is 5.12.